The normalized spacial score (nSPS) is 12.9. The Labute approximate surface area is 116 Å². The maximum atomic E-state index is 11.9. The number of hydrogen-bond acceptors (Lipinski definition) is 4. The first-order chi connectivity index (χ1) is 8.62. The van der Waals surface area contributed by atoms with E-state index < -0.39 is 22.3 Å². The highest BCUT2D eigenvalue weighted by molar-refractivity contribution is 6.33. The molecule has 0 spiro atoms. The largest absolute Gasteiger partial charge is 0.323 e. The first-order valence-electron chi connectivity index (χ1n) is 5.63. The molecule has 0 saturated heterocycles. The summed E-state index contributed by atoms with van der Waals surface area (Å²) < 4.78 is 0. The van der Waals surface area contributed by atoms with E-state index in [1.807, 2.05) is 20.8 Å². The average Bonchev–Trinajstić information content (AvgIpc) is 2.29. The molecule has 1 aromatic carbocycles. The third kappa shape index (κ3) is 3.90. The van der Waals surface area contributed by atoms with Crippen molar-refractivity contribution in [3.63, 3.8) is 0 Å². The van der Waals surface area contributed by atoms with Crippen LogP contribution in [0.1, 0.15) is 20.8 Å². The summed E-state index contributed by atoms with van der Waals surface area (Å²) in [6, 6.07) is 3.08. The van der Waals surface area contributed by atoms with Crippen LogP contribution in [0.15, 0.2) is 18.2 Å². The van der Waals surface area contributed by atoms with E-state index in [2.05, 4.69) is 5.32 Å². The number of benzene rings is 1. The van der Waals surface area contributed by atoms with E-state index in [1.165, 1.54) is 18.2 Å². The van der Waals surface area contributed by atoms with Gasteiger partial charge in [-0.05, 0) is 11.5 Å². The van der Waals surface area contributed by atoms with Crippen molar-refractivity contribution >= 4 is 28.9 Å². The van der Waals surface area contributed by atoms with Crippen LogP contribution in [0.4, 0.5) is 11.4 Å². The molecule has 104 valence electrons. The second-order valence-corrected chi connectivity index (χ2v) is 5.66. The molecule has 0 aliphatic carbocycles. The summed E-state index contributed by atoms with van der Waals surface area (Å²) in [5.41, 5.74) is 5.41. The number of nitrogens with one attached hydrogen (secondary N) is 1. The summed E-state index contributed by atoms with van der Waals surface area (Å²) in [7, 11) is 0. The van der Waals surface area contributed by atoms with Crippen molar-refractivity contribution in [1.29, 1.82) is 0 Å². The molecule has 7 heteroatoms. The molecule has 1 rings (SSSR count). The van der Waals surface area contributed by atoms with Crippen LogP contribution in [0.3, 0.4) is 0 Å². The second-order valence-electron chi connectivity index (χ2n) is 5.25. The topological polar surface area (TPSA) is 98.3 Å². The van der Waals surface area contributed by atoms with Gasteiger partial charge < -0.3 is 11.1 Å². The van der Waals surface area contributed by atoms with Gasteiger partial charge in [0.2, 0.25) is 5.91 Å². The van der Waals surface area contributed by atoms with Gasteiger partial charge in [-0.1, -0.05) is 32.4 Å². The third-order valence-corrected chi connectivity index (χ3v) is 2.96. The molecule has 1 amide bonds. The van der Waals surface area contributed by atoms with Crippen molar-refractivity contribution in [3.8, 4) is 0 Å². The maximum Gasteiger partial charge on any atom is 0.271 e. The third-order valence-electron chi connectivity index (χ3n) is 2.63. The number of carbonyl (C=O) groups excluding carboxylic acids is 1. The van der Waals surface area contributed by atoms with Crippen LogP contribution in [0.2, 0.25) is 5.02 Å². The van der Waals surface area contributed by atoms with Gasteiger partial charge in [-0.25, -0.2) is 0 Å². The molecule has 0 aromatic heterocycles. The number of nitrogens with two attached hydrogens (primary N) is 1. The average molecular weight is 286 g/mol. The molecule has 3 N–H and O–H groups in total. The lowest BCUT2D eigenvalue weighted by Gasteiger charge is -2.25. The van der Waals surface area contributed by atoms with Crippen molar-refractivity contribution < 1.29 is 9.72 Å². The van der Waals surface area contributed by atoms with Crippen molar-refractivity contribution in [1.82, 2.24) is 0 Å². The molecule has 19 heavy (non-hydrogen) atoms. The summed E-state index contributed by atoms with van der Waals surface area (Å²) in [5, 5.41) is 13.4. The fraction of sp³-hybridized carbons (Fsp3) is 0.417. The van der Waals surface area contributed by atoms with Crippen molar-refractivity contribution in [2.45, 2.75) is 26.8 Å². The molecule has 0 fully saturated rings. The lowest BCUT2D eigenvalue weighted by molar-refractivity contribution is -0.384. The van der Waals surface area contributed by atoms with Gasteiger partial charge in [-0.3, -0.25) is 14.9 Å². The van der Waals surface area contributed by atoms with E-state index in [0.717, 1.165) is 0 Å². The van der Waals surface area contributed by atoms with Crippen molar-refractivity contribution in [2.24, 2.45) is 11.1 Å². The summed E-state index contributed by atoms with van der Waals surface area (Å²) in [4.78, 5) is 22.0. The Balaban J connectivity index is 2.96. The van der Waals surface area contributed by atoms with Gasteiger partial charge in [0.05, 0.1) is 21.7 Å². The summed E-state index contributed by atoms with van der Waals surface area (Å²) >= 11 is 5.89. The van der Waals surface area contributed by atoms with E-state index in [4.69, 9.17) is 17.3 Å². The van der Waals surface area contributed by atoms with Crippen molar-refractivity contribution in [3.05, 3.63) is 33.3 Å². The molecule has 0 bridgehead atoms. The number of hydrogen-bond donors (Lipinski definition) is 2. The molecule has 0 heterocycles. The highest BCUT2D eigenvalue weighted by Gasteiger charge is 2.28. The predicted molar refractivity (Wildman–Crippen MR) is 74.2 cm³/mol. The molecule has 0 saturated carbocycles. The van der Waals surface area contributed by atoms with Crippen LogP contribution < -0.4 is 11.1 Å². The SMILES string of the molecule is CC(C)(C)[C@H](N)C(=O)Nc1cc([N+](=O)[O-])ccc1Cl. The Morgan fingerprint density at radius 2 is 2.05 bits per heavy atom. The van der Waals surface area contributed by atoms with Crippen LogP contribution in [0.25, 0.3) is 0 Å². The van der Waals surface area contributed by atoms with E-state index in [-0.39, 0.29) is 16.4 Å². The van der Waals surface area contributed by atoms with Crippen LogP contribution >= 0.6 is 11.6 Å². The van der Waals surface area contributed by atoms with Crippen molar-refractivity contribution in [2.75, 3.05) is 5.32 Å². The Morgan fingerprint density at radius 3 is 2.53 bits per heavy atom. The minimum atomic E-state index is -0.747. The molecular weight excluding hydrogens is 270 g/mol. The van der Waals surface area contributed by atoms with Gasteiger partial charge in [0.1, 0.15) is 0 Å². The number of carbonyl (C=O) groups is 1. The Hall–Kier alpha value is -1.66. The Bertz CT molecular complexity index is 511. The second kappa shape index (κ2) is 5.54. The zero-order valence-electron chi connectivity index (χ0n) is 10.9. The highest BCUT2D eigenvalue weighted by Crippen LogP contribution is 2.27. The number of halogens is 1. The maximum absolute atomic E-state index is 11.9. The summed E-state index contributed by atoms with van der Waals surface area (Å²) in [6.07, 6.45) is 0. The van der Waals surface area contributed by atoms with E-state index in [1.54, 1.807) is 0 Å². The van der Waals surface area contributed by atoms with E-state index in [0.29, 0.717) is 0 Å². The van der Waals surface area contributed by atoms with E-state index >= 15 is 0 Å². The van der Waals surface area contributed by atoms with Crippen LogP contribution in [0.5, 0.6) is 0 Å². The minimum Gasteiger partial charge on any atom is -0.323 e. The summed E-state index contributed by atoms with van der Waals surface area (Å²) in [5.74, 6) is -0.435. The molecule has 6 nitrogen and oxygen atoms in total. The predicted octanol–water partition coefficient (Wildman–Crippen LogP) is 2.56. The molecule has 1 aromatic rings. The molecule has 0 unspecified atom stereocenters. The number of amides is 1. The summed E-state index contributed by atoms with van der Waals surface area (Å²) in [6.45, 7) is 5.48. The zero-order valence-corrected chi connectivity index (χ0v) is 11.7. The fourth-order valence-corrected chi connectivity index (χ4v) is 1.49. The number of nitrogens with zero attached hydrogens (tertiary/aromatic N) is 1. The van der Waals surface area contributed by atoms with Gasteiger partial charge in [-0.2, -0.15) is 0 Å². The van der Waals surface area contributed by atoms with Crippen LogP contribution in [0, 0.1) is 15.5 Å². The minimum absolute atomic E-state index is 0.149. The quantitative estimate of drug-likeness (QED) is 0.658. The van der Waals surface area contributed by atoms with Gasteiger partial charge in [0.15, 0.2) is 0 Å². The molecule has 0 aliphatic heterocycles. The zero-order chi connectivity index (χ0) is 14.8. The van der Waals surface area contributed by atoms with Crippen LogP contribution in [-0.4, -0.2) is 16.9 Å². The molecular formula is C12H16ClN3O3. The monoisotopic (exact) mass is 285 g/mol. The molecule has 1 atom stereocenters. The first kappa shape index (κ1) is 15.4. The molecule has 0 aliphatic rings. The Morgan fingerprint density at radius 1 is 1.47 bits per heavy atom. The smallest absolute Gasteiger partial charge is 0.271 e. The number of nitro groups is 1. The van der Waals surface area contributed by atoms with Gasteiger partial charge in [0, 0.05) is 12.1 Å². The lowest BCUT2D eigenvalue weighted by Crippen LogP contribution is -2.45. The van der Waals surface area contributed by atoms with Gasteiger partial charge in [-0.15, -0.1) is 0 Å². The van der Waals surface area contributed by atoms with Gasteiger partial charge in [0.25, 0.3) is 5.69 Å². The van der Waals surface area contributed by atoms with E-state index in [9.17, 15) is 14.9 Å². The number of nitro benzene ring substituents is 1. The Kier molecular flexibility index (Phi) is 4.49. The highest BCUT2D eigenvalue weighted by atomic mass is 35.5. The standard InChI is InChI=1S/C12H16ClN3O3/c1-12(2,3)10(14)11(17)15-9-6-7(16(18)19)4-5-8(9)13/h4-6,10H,14H2,1-3H3,(H,15,17)/t10-/m1/s1. The van der Waals surface area contributed by atoms with Gasteiger partial charge >= 0.3 is 0 Å². The van der Waals surface area contributed by atoms with Crippen LogP contribution in [-0.2, 0) is 4.79 Å². The first-order valence-corrected chi connectivity index (χ1v) is 6.01. The number of anilines is 1. The number of rotatable bonds is 3. The fourth-order valence-electron chi connectivity index (χ4n) is 1.33. The lowest BCUT2D eigenvalue weighted by atomic mass is 9.87. The molecule has 0 radical (unpaired) electrons. The number of non-ortho nitro benzene ring substituents is 1.